The fourth-order valence-electron chi connectivity index (χ4n) is 2.49. The third-order valence-corrected chi connectivity index (χ3v) is 3.81. The average molecular weight is 350 g/mol. The minimum Gasteiger partial charge on any atom is -0.496 e. The van der Waals surface area contributed by atoms with Crippen LogP contribution >= 0.6 is 11.6 Å². The van der Waals surface area contributed by atoms with Crippen molar-refractivity contribution in [3.05, 3.63) is 53.1 Å². The summed E-state index contributed by atoms with van der Waals surface area (Å²) in [6, 6.07) is 12.8. The number of anilines is 1. The summed E-state index contributed by atoms with van der Waals surface area (Å²) in [5.41, 5.74) is 1.63. The molecule has 1 amide bonds. The number of amides is 1. The predicted octanol–water partition coefficient (Wildman–Crippen LogP) is 2.01. The van der Waals surface area contributed by atoms with Crippen molar-refractivity contribution in [3.63, 3.8) is 0 Å². The minimum atomic E-state index is -0.0852. The minimum absolute atomic E-state index is 0.0852. The molecule has 0 aliphatic rings. The Balaban J connectivity index is 1.98. The number of rotatable bonds is 7. The van der Waals surface area contributed by atoms with Crippen LogP contribution in [0.25, 0.3) is 0 Å². The summed E-state index contributed by atoms with van der Waals surface area (Å²) in [4.78, 5) is 13.3. The number of hydrogen-bond donors (Lipinski definition) is 2. The molecule has 0 radical (unpaired) electrons. The van der Waals surface area contributed by atoms with E-state index >= 15 is 0 Å². The maximum Gasteiger partial charge on any atom is 0.279 e. The number of nitrogens with one attached hydrogen (secondary N) is 2. The molecule has 0 saturated carbocycles. The number of methoxy groups -OCH3 is 2. The summed E-state index contributed by atoms with van der Waals surface area (Å²) in [6.45, 7) is 0.941. The number of para-hydroxylation sites is 2. The van der Waals surface area contributed by atoms with Crippen molar-refractivity contribution in [2.45, 2.75) is 6.54 Å². The van der Waals surface area contributed by atoms with Gasteiger partial charge in [0.25, 0.3) is 5.91 Å². The van der Waals surface area contributed by atoms with Crippen LogP contribution in [0.15, 0.2) is 42.5 Å². The van der Waals surface area contributed by atoms with Crippen LogP contribution in [0.3, 0.4) is 0 Å². The Morgan fingerprint density at radius 1 is 1.12 bits per heavy atom. The van der Waals surface area contributed by atoms with Gasteiger partial charge in [-0.25, -0.2) is 0 Å². The molecule has 2 aromatic carbocycles. The second kappa shape index (κ2) is 8.57. The Hall–Kier alpha value is -2.24. The van der Waals surface area contributed by atoms with Gasteiger partial charge in [-0.05, 0) is 30.3 Å². The molecule has 5 nitrogen and oxygen atoms in total. The van der Waals surface area contributed by atoms with Crippen molar-refractivity contribution in [2.24, 2.45) is 0 Å². The molecular weight excluding hydrogens is 328 g/mol. The molecule has 6 heteroatoms. The number of carbonyl (C=O) groups excluding carboxylic acids is 1. The van der Waals surface area contributed by atoms with Crippen molar-refractivity contribution in [3.8, 4) is 11.5 Å². The highest BCUT2D eigenvalue weighted by atomic mass is 35.5. The summed E-state index contributed by atoms with van der Waals surface area (Å²) in [5, 5.41) is 3.53. The van der Waals surface area contributed by atoms with Gasteiger partial charge in [0.1, 0.15) is 18.0 Å². The van der Waals surface area contributed by atoms with E-state index in [0.29, 0.717) is 29.5 Å². The van der Waals surface area contributed by atoms with E-state index in [4.69, 9.17) is 21.1 Å². The van der Waals surface area contributed by atoms with Gasteiger partial charge < -0.3 is 19.7 Å². The molecule has 0 aliphatic carbocycles. The molecule has 0 heterocycles. The predicted molar refractivity (Wildman–Crippen MR) is 95.1 cm³/mol. The largest absolute Gasteiger partial charge is 0.496 e. The number of hydrogen-bond acceptors (Lipinski definition) is 3. The maximum atomic E-state index is 12.3. The van der Waals surface area contributed by atoms with E-state index in [1.807, 2.05) is 43.4 Å². The van der Waals surface area contributed by atoms with E-state index in [1.165, 1.54) is 0 Å². The van der Waals surface area contributed by atoms with E-state index in [0.717, 1.165) is 16.2 Å². The number of ether oxygens (including phenoxy) is 2. The van der Waals surface area contributed by atoms with Crippen LogP contribution in [0.4, 0.5) is 5.69 Å². The van der Waals surface area contributed by atoms with Gasteiger partial charge in [0.15, 0.2) is 6.54 Å². The summed E-state index contributed by atoms with van der Waals surface area (Å²) in [6.07, 6.45) is 0. The van der Waals surface area contributed by atoms with Gasteiger partial charge >= 0.3 is 0 Å². The highest BCUT2D eigenvalue weighted by Gasteiger charge is 2.15. The van der Waals surface area contributed by atoms with Gasteiger partial charge in [0, 0.05) is 10.6 Å². The van der Waals surface area contributed by atoms with Crippen molar-refractivity contribution in [1.82, 2.24) is 0 Å². The number of benzene rings is 2. The first-order valence-electron chi connectivity index (χ1n) is 7.60. The van der Waals surface area contributed by atoms with Crippen molar-refractivity contribution >= 4 is 23.2 Å². The fourth-order valence-corrected chi connectivity index (χ4v) is 2.68. The summed E-state index contributed by atoms with van der Waals surface area (Å²) in [5.74, 6) is 1.32. The van der Waals surface area contributed by atoms with E-state index < -0.39 is 0 Å². The average Bonchev–Trinajstić information content (AvgIpc) is 2.55. The summed E-state index contributed by atoms with van der Waals surface area (Å²) in [7, 11) is 5.15. The lowest BCUT2D eigenvalue weighted by atomic mass is 10.2. The lowest BCUT2D eigenvalue weighted by molar-refractivity contribution is -0.885. The molecule has 1 atom stereocenters. The molecule has 2 N–H and O–H groups in total. The molecule has 128 valence electrons. The molecule has 24 heavy (non-hydrogen) atoms. The van der Waals surface area contributed by atoms with Gasteiger partial charge in [0.05, 0.1) is 27.0 Å². The maximum absolute atomic E-state index is 12.3. The Labute approximate surface area is 147 Å². The molecular formula is C18H22ClN2O3+. The normalized spacial score (nSPS) is 11.7. The van der Waals surface area contributed by atoms with E-state index in [2.05, 4.69) is 5.32 Å². The van der Waals surface area contributed by atoms with Crippen LogP contribution in [0.2, 0.25) is 5.02 Å². The quantitative estimate of drug-likeness (QED) is 0.804. The van der Waals surface area contributed by atoms with Crippen molar-refractivity contribution < 1.29 is 19.2 Å². The summed E-state index contributed by atoms with van der Waals surface area (Å²) >= 11 is 6.05. The molecule has 0 aromatic heterocycles. The number of quaternary nitrogens is 1. The van der Waals surface area contributed by atoms with Crippen LogP contribution in [0.5, 0.6) is 11.5 Å². The van der Waals surface area contributed by atoms with Crippen molar-refractivity contribution in [2.75, 3.05) is 33.1 Å². The highest BCUT2D eigenvalue weighted by molar-refractivity contribution is 6.30. The van der Waals surface area contributed by atoms with Gasteiger partial charge in [-0.15, -0.1) is 0 Å². The molecule has 2 aromatic rings. The van der Waals surface area contributed by atoms with Gasteiger partial charge in [-0.2, -0.15) is 0 Å². The van der Waals surface area contributed by atoms with E-state index in [-0.39, 0.29) is 5.91 Å². The smallest absolute Gasteiger partial charge is 0.279 e. The molecule has 0 spiro atoms. The third kappa shape index (κ3) is 4.88. The number of carbonyl (C=O) groups is 1. The van der Waals surface area contributed by atoms with Gasteiger partial charge in [-0.3, -0.25) is 4.79 Å². The Kier molecular flexibility index (Phi) is 6.46. The second-order valence-electron chi connectivity index (χ2n) is 5.52. The first-order chi connectivity index (χ1) is 11.5. The van der Waals surface area contributed by atoms with Gasteiger partial charge in [-0.1, -0.05) is 23.7 Å². The van der Waals surface area contributed by atoms with Crippen LogP contribution in [-0.2, 0) is 11.3 Å². The lowest BCUT2D eigenvalue weighted by Gasteiger charge is -2.16. The van der Waals surface area contributed by atoms with Crippen LogP contribution in [0, 0.1) is 0 Å². The number of likely N-dealkylation sites (N-methyl/N-ethyl adjacent to an activating group) is 1. The Morgan fingerprint density at radius 3 is 2.54 bits per heavy atom. The first-order valence-corrected chi connectivity index (χ1v) is 7.98. The zero-order valence-corrected chi connectivity index (χ0v) is 14.8. The lowest BCUT2D eigenvalue weighted by Crippen LogP contribution is -3.08. The fraction of sp³-hybridized carbons (Fsp3) is 0.278. The molecule has 2 rings (SSSR count). The standard InChI is InChI=1S/C18H21ClN2O3/c1-21(11-13-10-14(19)8-9-16(13)23-2)12-18(22)20-15-6-4-5-7-17(15)24-3/h4-10H,11-12H2,1-3H3,(H,20,22)/p+1. The Morgan fingerprint density at radius 2 is 1.83 bits per heavy atom. The zero-order chi connectivity index (χ0) is 17.5. The van der Waals surface area contributed by atoms with Gasteiger partial charge in [0.2, 0.25) is 0 Å². The Bertz CT molecular complexity index is 706. The SMILES string of the molecule is COc1ccc(Cl)cc1C[NH+](C)CC(=O)Nc1ccccc1OC. The van der Waals surface area contributed by atoms with Crippen LogP contribution < -0.4 is 19.7 Å². The summed E-state index contributed by atoms with van der Waals surface area (Å²) < 4.78 is 10.6. The molecule has 1 unspecified atom stereocenters. The first kappa shape index (κ1) is 18.1. The van der Waals surface area contributed by atoms with Crippen molar-refractivity contribution in [1.29, 1.82) is 0 Å². The molecule has 0 saturated heterocycles. The highest BCUT2D eigenvalue weighted by Crippen LogP contribution is 2.23. The third-order valence-electron chi connectivity index (χ3n) is 3.58. The van der Waals surface area contributed by atoms with Crippen LogP contribution in [0.1, 0.15) is 5.56 Å². The molecule has 0 bridgehead atoms. The van der Waals surface area contributed by atoms with E-state index in [1.54, 1.807) is 20.3 Å². The van der Waals surface area contributed by atoms with E-state index in [9.17, 15) is 4.79 Å². The molecule has 0 aliphatic heterocycles. The topological polar surface area (TPSA) is 52.0 Å². The second-order valence-corrected chi connectivity index (χ2v) is 5.95. The molecule has 0 fully saturated rings. The number of halogens is 1. The van der Waals surface area contributed by atoms with Crippen LogP contribution in [-0.4, -0.2) is 33.7 Å². The monoisotopic (exact) mass is 349 g/mol. The zero-order valence-electron chi connectivity index (χ0n) is 14.1.